The van der Waals surface area contributed by atoms with Gasteiger partial charge in [0, 0.05) is 31.8 Å². The minimum absolute atomic E-state index is 0.0227. The minimum Gasteiger partial charge on any atom is -0.481 e. The highest BCUT2D eigenvalue weighted by Gasteiger charge is 2.43. The molecule has 2 aliphatic rings. The van der Waals surface area contributed by atoms with Gasteiger partial charge in [0.2, 0.25) is 53.2 Å². The normalized spacial score (nSPS) is 18.7. The molecule has 2 saturated heterocycles. The number of hydrogen-bond donors (Lipinski definition) is 17. The first-order valence-electron chi connectivity index (χ1n) is 26.3. The summed E-state index contributed by atoms with van der Waals surface area (Å²) in [5.74, 6) is -11.7. The van der Waals surface area contributed by atoms with Crippen LogP contribution in [0.5, 0.6) is 0 Å². The second-order valence-electron chi connectivity index (χ2n) is 20.3. The standard InChI is InChI=1S/C48H84N14O15S/c1-24(2)21-30(47(76)77)56-39(68)29(15-16-35(65)66)55-38(67)28(12-6-7-17-49)54-41(70)32(23-78)58-40(69)31(22-63)57-42(71)33-13-10-20-62(33)46(75)37(26(5)64)60-44(73)36(25(3)4)59-43(72)34-14-9-19-61(34)45(74)27(50)11-8-18-53-48(51)52/h24-34,36-37,63-64,78H,6-23,49-50H2,1-5H3,(H,54,70)(H,55,67)(H,56,68)(H,57,71)(H,58,69)(H,59,72)(H,60,73)(H,65,66)(H,76,77)(H4,51,52,53)/t26-,27+,28+,29+,30+,31+,32+,33+,34+,36+,37+/m1/s1. The van der Waals surface area contributed by atoms with Gasteiger partial charge >= 0.3 is 11.9 Å². The number of nitrogens with zero attached hydrogens (tertiary/aromatic N) is 2. The van der Waals surface area contributed by atoms with Crippen molar-refractivity contribution in [3.8, 4) is 0 Å². The van der Waals surface area contributed by atoms with Crippen molar-refractivity contribution in [2.75, 3.05) is 38.5 Å². The number of nitrogens with one attached hydrogen (secondary N) is 9. The Morgan fingerprint density at radius 2 is 1.15 bits per heavy atom. The lowest BCUT2D eigenvalue weighted by Gasteiger charge is -2.33. The third-order valence-corrected chi connectivity index (χ3v) is 13.5. The first-order chi connectivity index (χ1) is 36.7. The van der Waals surface area contributed by atoms with E-state index < -0.39 is 157 Å². The number of carboxylic acids is 2. The van der Waals surface area contributed by atoms with E-state index in [1.807, 2.05) is 0 Å². The molecular weight excluding hydrogens is 1040 g/mol. The third-order valence-electron chi connectivity index (χ3n) is 13.1. The molecule has 78 heavy (non-hydrogen) atoms. The predicted molar refractivity (Wildman–Crippen MR) is 284 cm³/mol. The van der Waals surface area contributed by atoms with E-state index in [-0.39, 0.29) is 75.8 Å². The van der Waals surface area contributed by atoms with E-state index >= 15 is 0 Å². The van der Waals surface area contributed by atoms with Crippen molar-refractivity contribution in [2.24, 2.45) is 29.0 Å². The maximum Gasteiger partial charge on any atom is 0.326 e. The third kappa shape index (κ3) is 21.8. The number of carbonyl (C=O) groups is 11. The number of aliphatic carboxylic acids is 2. The first kappa shape index (κ1) is 67.7. The topological polar surface area (TPSA) is 473 Å². The van der Waals surface area contributed by atoms with Crippen LogP contribution in [0.1, 0.15) is 112 Å². The number of thiol groups is 1. The average molecular weight is 1130 g/mol. The van der Waals surface area contributed by atoms with Gasteiger partial charge in [-0.1, -0.05) is 27.7 Å². The Labute approximate surface area is 459 Å². The number of amides is 9. The highest BCUT2D eigenvalue weighted by atomic mass is 32.1. The van der Waals surface area contributed by atoms with Crippen molar-refractivity contribution in [3.63, 3.8) is 0 Å². The summed E-state index contributed by atoms with van der Waals surface area (Å²) in [6.45, 7) is 7.71. The zero-order chi connectivity index (χ0) is 59.0. The molecule has 0 spiro atoms. The molecule has 11 atom stereocenters. The number of nitrogens with two attached hydrogens (primary N) is 3. The molecule has 19 N–H and O–H groups in total. The summed E-state index contributed by atoms with van der Waals surface area (Å²) in [5.41, 5.74) is 17.1. The lowest BCUT2D eigenvalue weighted by Crippen LogP contribution is -2.62. The molecule has 0 unspecified atom stereocenters. The number of carbonyl (C=O) groups excluding carboxylic acids is 9. The van der Waals surface area contributed by atoms with E-state index in [2.05, 4.69) is 55.2 Å². The molecule has 0 aromatic rings. The van der Waals surface area contributed by atoms with Gasteiger partial charge in [0.05, 0.1) is 18.8 Å². The molecule has 9 amide bonds. The monoisotopic (exact) mass is 1130 g/mol. The Balaban J connectivity index is 2.19. The minimum atomic E-state index is -1.72. The number of likely N-dealkylation sites (tertiary alicyclic amines) is 2. The van der Waals surface area contributed by atoms with Crippen LogP contribution in [0.2, 0.25) is 0 Å². The molecule has 0 aliphatic carbocycles. The summed E-state index contributed by atoms with van der Waals surface area (Å²) in [4.78, 5) is 149. The van der Waals surface area contributed by atoms with E-state index in [1.54, 1.807) is 27.7 Å². The number of hydrogen-bond acceptors (Lipinski definition) is 17. The van der Waals surface area contributed by atoms with Crippen molar-refractivity contribution in [1.29, 1.82) is 5.41 Å². The van der Waals surface area contributed by atoms with E-state index in [0.717, 1.165) is 4.90 Å². The van der Waals surface area contributed by atoms with Gasteiger partial charge in [-0.15, -0.1) is 0 Å². The van der Waals surface area contributed by atoms with Gasteiger partial charge in [0.25, 0.3) is 0 Å². The maximum absolute atomic E-state index is 14.1. The van der Waals surface area contributed by atoms with Crippen LogP contribution in [-0.4, -0.2) is 206 Å². The Hall–Kier alpha value is -6.37. The molecule has 0 aromatic heterocycles. The van der Waals surface area contributed by atoms with Crippen molar-refractivity contribution < 1.29 is 73.2 Å². The van der Waals surface area contributed by atoms with Crippen LogP contribution in [0.4, 0.5) is 0 Å². The molecule has 2 aliphatic heterocycles. The molecule has 0 bridgehead atoms. The van der Waals surface area contributed by atoms with Gasteiger partial charge in [-0.05, 0) is 95.9 Å². The number of aliphatic hydroxyl groups is 2. The smallest absolute Gasteiger partial charge is 0.326 e. The second-order valence-corrected chi connectivity index (χ2v) is 20.6. The zero-order valence-corrected chi connectivity index (χ0v) is 46.0. The van der Waals surface area contributed by atoms with E-state index in [9.17, 15) is 73.2 Å². The molecule has 2 fully saturated rings. The van der Waals surface area contributed by atoms with Crippen molar-refractivity contribution in [1.82, 2.24) is 52.3 Å². The molecule has 2 heterocycles. The van der Waals surface area contributed by atoms with Gasteiger partial charge < -0.3 is 90.0 Å². The lowest BCUT2D eigenvalue weighted by atomic mass is 10.0. The fourth-order valence-corrected chi connectivity index (χ4v) is 9.08. The van der Waals surface area contributed by atoms with Crippen molar-refractivity contribution >= 4 is 83.7 Å². The maximum atomic E-state index is 14.1. The summed E-state index contributed by atoms with van der Waals surface area (Å²) in [5, 5.41) is 67.1. The van der Waals surface area contributed by atoms with E-state index in [4.69, 9.17) is 22.6 Å². The number of rotatable bonds is 34. The Morgan fingerprint density at radius 1 is 0.641 bits per heavy atom. The summed E-state index contributed by atoms with van der Waals surface area (Å²) >= 11 is 4.17. The van der Waals surface area contributed by atoms with Crippen LogP contribution in [-0.2, 0) is 52.7 Å². The summed E-state index contributed by atoms with van der Waals surface area (Å²) in [7, 11) is 0. The van der Waals surface area contributed by atoms with E-state index in [0.29, 0.717) is 32.2 Å². The molecule has 29 nitrogen and oxygen atoms in total. The summed E-state index contributed by atoms with van der Waals surface area (Å²) in [6.07, 6.45) is -0.111. The Morgan fingerprint density at radius 3 is 1.64 bits per heavy atom. The molecule has 0 aromatic carbocycles. The summed E-state index contributed by atoms with van der Waals surface area (Å²) < 4.78 is 0. The average Bonchev–Trinajstić information content (AvgIpc) is 4.08. The molecular formula is C48H84N14O15S. The van der Waals surface area contributed by atoms with E-state index in [1.165, 1.54) is 11.8 Å². The SMILES string of the molecule is CC(C)C[C@H](NC(=O)[C@H](CCC(=O)O)NC(=O)[C@H](CCCCN)NC(=O)[C@H](CS)NC(=O)[C@H](CO)NC(=O)[C@@H]1CCCN1C(=O)[C@@H](NC(=O)[C@@H](NC(=O)[C@@H]1CCCN1C(=O)[C@@H](N)CCCNC(=N)N)C(C)C)[C@@H](C)O)C(=O)O. The van der Waals surface area contributed by atoms with Gasteiger partial charge in [-0.3, -0.25) is 53.4 Å². The highest BCUT2D eigenvalue weighted by molar-refractivity contribution is 7.80. The van der Waals surface area contributed by atoms with Gasteiger partial charge in [-0.2, -0.15) is 12.6 Å². The number of guanidine groups is 1. The Kier molecular flexibility index (Phi) is 29.4. The van der Waals surface area contributed by atoms with Crippen LogP contribution in [0, 0.1) is 17.2 Å². The van der Waals surface area contributed by atoms with Crippen LogP contribution in [0.25, 0.3) is 0 Å². The number of aliphatic hydroxyl groups excluding tert-OH is 2. The van der Waals surface area contributed by atoms with Crippen molar-refractivity contribution in [2.45, 2.75) is 178 Å². The van der Waals surface area contributed by atoms with Gasteiger partial charge in [0.1, 0.15) is 54.4 Å². The molecule has 0 saturated carbocycles. The fourth-order valence-electron chi connectivity index (χ4n) is 8.82. The van der Waals surface area contributed by atoms with Crippen molar-refractivity contribution in [3.05, 3.63) is 0 Å². The van der Waals surface area contributed by atoms with Crippen LogP contribution < -0.4 is 59.7 Å². The molecule has 2 rings (SSSR count). The molecule has 442 valence electrons. The summed E-state index contributed by atoms with van der Waals surface area (Å²) in [6, 6.07) is -13.6. The zero-order valence-electron chi connectivity index (χ0n) is 45.1. The highest BCUT2D eigenvalue weighted by Crippen LogP contribution is 2.22. The van der Waals surface area contributed by atoms with Gasteiger partial charge in [-0.25, -0.2) is 4.79 Å². The molecule has 30 heteroatoms. The van der Waals surface area contributed by atoms with Crippen LogP contribution in [0.15, 0.2) is 0 Å². The number of unbranched alkanes of at least 4 members (excludes halogenated alkanes) is 1. The van der Waals surface area contributed by atoms with Gasteiger partial charge in [0.15, 0.2) is 5.96 Å². The number of carboxylic acid groups (broad SMARTS) is 2. The van der Waals surface area contributed by atoms with Crippen LogP contribution >= 0.6 is 12.6 Å². The van der Waals surface area contributed by atoms with Crippen LogP contribution in [0.3, 0.4) is 0 Å². The first-order valence-corrected chi connectivity index (χ1v) is 26.9. The second kappa shape index (κ2) is 33.8. The largest absolute Gasteiger partial charge is 0.481 e. The lowest BCUT2D eigenvalue weighted by molar-refractivity contribution is -0.145. The Bertz CT molecular complexity index is 2100. The fraction of sp³-hybridized carbons (Fsp3) is 0.750. The molecule has 0 radical (unpaired) electrons. The predicted octanol–water partition coefficient (Wildman–Crippen LogP) is -4.96. The quantitative estimate of drug-likeness (QED) is 0.0124.